The van der Waals surface area contributed by atoms with Crippen molar-refractivity contribution in [2.75, 3.05) is 0 Å². The van der Waals surface area contributed by atoms with E-state index in [1.165, 1.54) is 0 Å². The minimum Gasteiger partial charge on any atom is -0.335 e. The summed E-state index contributed by atoms with van der Waals surface area (Å²) in [6, 6.07) is 7.70. The zero-order chi connectivity index (χ0) is 13.7. The summed E-state index contributed by atoms with van der Waals surface area (Å²) in [7, 11) is 0. The van der Waals surface area contributed by atoms with E-state index >= 15 is 0 Å². The molecule has 0 aliphatic heterocycles. The van der Waals surface area contributed by atoms with E-state index < -0.39 is 0 Å². The predicted molar refractivity (Wildman–Crippen MR) is 77.7 cm³/mol. The third-order valence-corrected chi connectivity index (χ3v) is 3.48. The maximum Gasteiger partial charge on any atom is 0.110 e. The van der Waals surface area contributed by atoms with Crippen LogP contribution >= 0.6 is 11.6 Å². The molecule has 1 heterocycles. The summed E-state index contributed by atoms with van der Waals surface area (Å²) in [5.41, 5.74) is 3.83. The van der Waals surface area contributed by atoms with E-state index in [4.69, 9.17) is 17.4 Å². The first-order valence-corrected chi connectivity index (χ1v) is 6.84. The fourth-order valence-electron chi connectivity index (χ4n) is 2.17. The normalized spacial score (nSPS) is 12.6. The van der Waals surface area contributed by atoms with Crippen molar-refractivity contribution in [2.45, 2.75) is 32.4 Å². The first kappa shape index (κ1) is 14.1. The average Bonchev–Trinajstić information content (AvgIpc) is 2.85. The molecule has 0 radical (unpaired) electrons. The fourth-order valence-corrected chi connectivity index (χ4v) is 2.44. The molecule has 3 N–H and O–H groups in total. The van der Waals surface area contributed by atoms with Gasteiger partial charge in [0.25, 0.3) is 0 Å². The second-order valence-corrected chi connectivity index (χ2v) is 4.89. The molecule has 0 aliphatic carbocycles. The molecule has 5 heteroatoms. The molecule has 4 nitrogen and oxygen atoms in total. The van der Waals surface area contributed by atoms with Crippen molar-refractivity contribution in [1.29, 1.82) is 0 Å². The largest absolute Gasteiger partial charge is 0.335 e. The van der Waals surface area contributed by atoms with Crippen molar-refractivity contribution < 1.29 is 0 Å². The van der Waals surface area contributed by atoms with Crippen LogP contribution in [0.15, 0.2) is 36.7 Å². The Morgan fingerprint density at radius 3 is 2.89 bits per heavy atom. The van der Waals surface area contributed by atoms with E-state index in [2.05, 4.69) is 21.9 Å². The van der Waals surface area contributed by atoms with Crippen molar-refractivity contribution >= 4 is 11.6 Å². The van der Waals surface area contributed by atoms with Crippen LogP contribution in [0.3, 0.4) is 0 Å². The molecule has 0 saturated carbocycles. The molecule has 1 aromatic heterocycles. The number of halogens is 1. The van der Waals surface area contributed by atoms with E-state index in [0.29, 0.717) is 6.42 Å². The predicted octanol–water partition coefficient (Wildman–Crippen LogP) is 2.69. The first-order chi connectivity index (χ1) is 9.26. The van der Waals surface area contributed by atoms with Crippen LogP contribution in [-0.4, -0.2) is 9.55 Å². The summed E-state index contributed by atoms with van der Waals surface area (Å²) >= 11 is 6.22. The van der Waals surface area contributed by atoms with Crippen LogP contribution in [-0.2, 0) is 13.0 Å². The summed E-state index contributed by atoms with van der Waals surface area (Å²) in [5, 5.41) is 0.721. The van der Waals surface area contributed by atoms with Crippen molar-refractivity contribution in [2.24, 2.45) is 5.84 Å². The maximum absolute atomic E-state index is 6.22. The number of hydrogen-bond acceptors (Lipinski definition) is 3. The lowest BCUT2D eigenvalue weighted by Gasteiger charge is -2.18. The molecule has 1 aromatic carbocycles. The zero-order valence-electron chi connectivity index (χ0n) is 11.0. The van der Waals surface area contributed by atoms with E-state index in [0.717, 1.165) is 29.4 Å². The van der Waals surface area contributed by atoms with E-state index in [9.17, 15) is 0 Å². The van der Waals surface area contributed by atoms with Gasteiger partial charge in [0.05, 0.1) is 6.04 Å². The van der Waals surface area contributed by atoms with E-state index in [-0.39, 0.29) is 6.04 Å². The average molecular weight is 279 g/mol. The number of hydrazine groups is 1. The van der Waals surface area contributed by atoms with Gasteiger partial charge in [0.1, 0.15) is 5.82 Å². The van der Waals surface area contributed by atoms with Crippen LogP contribution in [0.25, 0.3) is 0 Å². The van der Waals surface area contributed by atoms with Crippen LogP contribution in [0, 0.1) is 0 Å². The summed E-state index contributed by atoms with van der Waals surface area (Å²) in [6.07, 6.45) is 5.62. The van der Waals surface area contributed by atoms with Crippen molar-refractivity contribution in [3.8, 4) is 0 Å². The summed E-state index contributed by atoms with van der Waals surface area (Å²) in [6.45, 7) is 3.12. The Labute approximate surface area is 118 Å². The quantitative estimate of drug-likeness (QED) is 0.631. The molecule has 0 aliphatic rings. The molecule has 102 valence electrons. The second-order valence-electron chi connectivity index (χ2n) is 4.48. The van der Waals surface area contributed by atoms with Gasteiger partial charge in [-0.15, -0.1) is 0 Å². The van der Waals surface area contributed by atoms with Crippen LogP contribution in [0.5, 0.6) is 0 Å². The first-order valence-electron chi connectivity index (χ1n) is 6.46. The van der Waals surface area contributed by atoms with Gasteiger partial charge in [0, 0.05) is 30.4 Å². The van der Waals surface area contributed by atoms with Crippen molar-refractivity contribution in [3.05, 3.63) is 53.1 Å². The number of imidazole rings is 1. The third-order valence-electron chi connectivity index (χ3n) is 3.13. The Bertz CT molecular complexity index is 524. The molecule has 2 rings (SSSR count). The molecule has 0 amide bonds. The highest BCUT2D eigenvalue weighted by Gasteiger charge is 2.16. The molecule has 0 spiro atoms. The zero-order valence-corrected chi connectivity index (χ0v) is 11.8. The van der Waals surface area contributed by atoms with Gasteiger partial charge in [-0.05, 0) is 18.1 Å². The highest BCUT2D eigenvalue weighted by Crippen LogP contribution is 2.24. The Morgan fingerprint density at radius 2 is 2.21 bits per heavy atom. The Hall–Kier alpha value is -1.36. The van der Waals surface area contributed by atoms with Gasteiger partial charge in [-0.3, -0.25) is 11.3 Å². The van der Waals surface area contributed by atoms with Crippen LogP contribution < -0.4 is 11.3 Å². The second kappa shape index (κ2) is 6.70. The topological polar surface area (TPSA) is 55.9 Å². The minimum absolute atomic E-state index is 0.0355. The Balaban J connectivity index is 2.19. The van der Waals surface area contributed by atoms with Crippen LogP contribution in [0.4, 0.5) is 0 Å². The van der Waals surface area contributed by atoms with Crippen molar-refractivity contribution in [1.82, 2.24) is 15.0 Å². The van der Waals surface area contributed by atoms with Gasteiger partial charge >= 0.3 is 0 Å². The van der Waals surface area contributed by atoms with Gasteiger partial charge in [0.15, 0.2) is 0 Å². The summed E-state index contributed by atoms with van der Waals surface area (Å²) in [4.78, 5) is 4.40. The number of nitrogens with two attached hydrogens (primary N) is 1. The molecule has 1 unspecified atom stereocenters. The van der Waals surface area contributed by atoms with Crippen LogP contribution in [0.1, 0.15) is 30.8 Å². The smallest absolute Gasteiger partial charge is 0.110 e. The molecule has 2 aromatic rings. The molecule has 0 saturated heterocycles. The van der Waals surface area contributed by atoms with Crippen LogP contribution in [0.2, 0.25) is 5.02 Å². The summed E-state index contributed by atoms with van der Waals surface area (Å²) in [5.74, 6) is 6.69. The van der Waals surface area contributed by atoms with Gasteiger partial charge in [-0.1, -0.05) is 36.7 Å². The molecular weight excluding hydrogens is 260 g/mol. The monoisotopic (exact) mass is 278 g/mol. The Kier molecular flexibility index (Phi) is 4.96. The highest BCUT2D eigenvalue weighted by molar-refractivity contribution is 6.31. The summed E-state index contributed by atoms with van der Waals surface area (Å²) < 4.78 is 2.15. The number of aromatic nitrogens is 2. The van der Waals surface area contributed by atoms with Gasteiger partial charge in [0.2, 0.25) is 0 Å². The molecule has 1 atom stereocenters. The highest BCUT2D eigenvalue weighted by atomic mass is 35.5. The molecule has 19 heavy (non-hydrogen) atoms. The van der Waals surface area contributed by atoms with Crippen molar-refractivity contribution in [3.63, 3.8) is 0 Å². The number of hydrogen-bond donors (Lipinski definition) is 2. The number of rotatable bonds is 6. The fraction of sp³-hybridized carbons (Fsp3) is 0.357. The third kappa shape index (κ3) is 3.35. The number of aryl methyl sites for hydroxylation is 1. The van der Waals surface area contributed by atoms with Gasteiger partial charge < -0.3 is 4.57 Å². The van der Waals surface area contributed by atoms with Gasteiger partial charge in [-0.25, -0.2) is 4.98 Å². The number of nitrogens with zero attached hydrogens (tertiary/aromatic N) is 2. The molecule has 0 bridgehead atoms. The molecular formula is C14H19ClN4. The molecule has 0 fully saturated rings. The van der Waals surface area contributed by atoms with E-state index in [1.807, 2.05) is 36.7 Å². The standard InChI is InChI=1S/C14H19ClN4/c1-2-8-19-9-7-17-14(19)10-13(18-16)11-5-3-4-6-12(11)15/h3-7,9,13,18H,2,8,10,16H2,1H3. The minimum atomic E-state index is -0.0355. The van der Waals surface area contributed by atoms with Gasteiger partial charge in [-0.2, -0.15) is 0 Å². The Morgan fingerprint density at radius 1 is 1.42 bits per heavy atom. The number of benzene rings is 1. The SMILES string of the molecule is CCCn1ccnc1CC(NN)c1ccccc1Cl. The lowest BCUT2D eigenvalue weighted by atomic mass is 10.0. The number of nitrogens with one attached hydrogen (secondary N) is 1. The maximum atomic E-state index is 6.22. The van der Waals surface area contributed by atoms with E-state index in [1.54, 1.807) is 0 Å². The lowest BCUT2D eigenvalue weighted by molar-refractivity contribution is 0.517. The lowest BCUT2D eigenvalue weighted by Crippen LogP contribution is -2.30.